The lowest BCUT2D eigenvalue weighted by Gasteiger charge is -2.27. The van der Waals surface area contributed by atoms with Crippen molar-refractivity contribution in [3.05, 3.63) is 114 Å². The van der Waals surface area contributed by atoms with Crippen LogP contribution >= 0.6 is 15.9 Å². The zero-order valence-electron chi connectivity index (χ0n) is 15.2. The van der Waals surface area contributed by atoms with Crippen LogP contribution in [-0.4, -0.2) is 0 Å². The van der Waals surface area contributed by atoms with E-state index in [1.165, 1.54) is 27.2 Å². The smallest absolute Gasteiger partial charge is 0.0540 e. The molecule has 0 aromatic heterocycles. The highest BCUT2D eigenvalue weighted by Gasteiger charge is 2.15. The molecule has 0 heterocycles. The summed E-state index contributed by atoms with van der Waals surface area (Å²) in [6, 6.07) is 38.6. The molecule has 0 saturated heterocycles. The first kappa shape index (κ1) is 17.0. The summed E-state index contributed by atoms with van der Waals surface area (Å²) in [4.78, 5) is 2.33. The lowest BCUT2D eigenvalue weighted by Crippen LogP contribution is -2.10. The van der Waals surface area contributed by atoms with Crippen LogP contribution in [-0.2, 0) is 0 Å². The first-order valence-electron chi connectivity index (χ1n) is 9.32. The number of hydrogen-bond acceptors (Lipinski definition) is 1. The fourth-order valence-electron chi connectivity index (χ4n) is 3.77. The van der Waals surface area contributed by atoms with E-state index in [-0.39, 0.29) is 0 Å². The Morgan fingerprint density at radius 2 is 1.21 bits per heavy atom. The van der Waals surface area contributed by atoms with E-state index in [2.05, 4.69) is 130 Å². The summed E-state index contributed by atoms with van der Waals surface area (Å²) in [6.07, 6.45) is 0. The molecule has 0 atom stereocenters. The van der Waals surface area contributed by atoms with Gasteiger partial charge < -0.3 is 4.90 Å². The van der Waals surface area contributed by atoms with Gasteiger partial charge in [-0.1, -0.05) is 88.7 Å². The standard InChI is InChI=1S/C26H18BrN/c27-25-14-6-13-24-23(25)12-7-15-26(24)28(21-10-2-1-3-11-21)22-17-16-19-8-4-5-9-20(19)18-22/h1-18H. The van der Waals surface area contributed by atoms with E-state index in [0.717, 1.165) is 15.8 Å². The van der Waals surface area contributed by atoms with Gasteiger partial charge in [0.1, 0.15) is 0 Å². The van der Waals surface area contributed by atoms with Gasteiger partial charge in [-0.25, -0.2) is 0 Å². The van der Waals surface area contributed by atoms with E-state index in [0.29, 0.717) is 0 Å². The Morgan fingerprint density at radius 3 is 2.07 bits per heavy atom. The second-order valence-electron chi connectivity index (χ2n) is 6.81. The van der Waals surface area contributed by atoms with Gasteiger partial charge in [-0.15, -0.1) is 0 Å². The van der Waals surface area contributed by atoms with Crippen molar-refractivity contribution in [3.63, 3.8) is 0 Å². The predicted octanol–water partition coefficient (Wildman–Crippen LogP) is 8.23. The monoisotopic (exact) mass is 423 g/mol. The van der Waals surface area contributed by atoms with Gasteiger partial charge in [0.05, 0.1) is 5.69 Å². The number of nitrogens with zero attached hydrogens (tertiary/aromatic N) is 1. The summed E-state index contributed by atoms with van der Waals surface area (Å²) < 4.78 is 1.11. The third kappa shape index (κ3) is 2.96. The summed E-state index contributed by atoms with van der Waals surface area (Å²) in [5, 5.41) is 4.91. The molecule has 0 unspecified atom stereocenters. The van der Waals surface area contributed by atoms with Crippen molar-refractivity contribution in [1.82, 2.24) is 0 Å². The lowest BCUT2D eigenvalue weighted by atomic mass is 10.0. The SMILES string of the molecule is Brc1cccc2c(N(c3ccccc3)c3ccc4ccccc4c3)cccc12. The third-order valence-electron chi connectivity index (χ3n) is 5.09. The Labute approximate surface area is 173 Å². The Bertz CT molecular complexity index is 1280. The molecule has 0 saturated carbocycles. The van der Waals surface area contributed by atoms with Crippen LogP contribution in [0.25, 0.3) is 21.5 Å². The minimum absolute atomic E-state index is 1.11. The van der Waals surface area contributed by atoms with Gasteiger partial charge >= 0.3 is 0 Å². The molecule has 0 radical (unpaired) electrons. The molecule has 0 aliphatic rings. The van der Waals surface area contributed by atoms with Crippen LogP contribution in [0, 0.1) is 0 Å². The molecule has 1 nitrogen and oxygen atoms in total. The van der Waals surface area contributed by atoms with E-state index in [9.17, 15) is 0 Å². The average molecular weight is 424 g/mol. The van der Waals surface area contributed by atoms with Gasteiger partial charge in [-0.05, 0) is 52.6 Å². The van der Waals surface area contributed by atoms with Gasteiger partial charge in [-0.3, -0.25) is 0 Å². The van der Waals surface area contributed by atoms with Crippen LogP contribution in [0.5, 0.6) is 0 Å². The summed E-state index contributed by atoms with van der Waals surface area (Å²) in [5.41, 5.74) is 3.46. The van der Waals surface area contributed by atoms with Gasteiger partial charge in [0, 0.05) is 21.2 Å². The lowest BCUT2D eigenvalue weighted by molar-refractivity contribution is 1.30. The Kier molecular flexibility index (Phi) is 4.34. The van der Waals surface area contributed by atoms with E-state index in [4.69, 9.17) is 0 Å². The zero-order chi connectivity index (χ0) is 18.9. The summed E-state index contributed by atoms with van der Waals surface area (Å²) in [6.45, 7) is 0. The van der Waals surface area contributed by atoms with Gasteiger partial charge in [0.2, 0.25) is 0 Å². The van der Waals surface area contributed by atoms with Crippen molar-refractivity contribution in [1.29, 1.82) is 0 Å². The van der Waals surface area contributed by atoms with Crippen molar-refractivity contribution in [3.8, 4) is 0 Å². The largest absolute Gasteiger partial charge is 0.310 e. The van der Waals surface area contributed by atoms with Crippen molar-refractivity contribution < 1.29 is 0 Å². The van der Waals surface area contributed by atoms with Gasteiger partial charge in [-0.2, -0.15) is 0 Å². The third-order valence-corrected chi connectivity index (χ3v) is 5.78. The molecule has 5 aromatic rings. The first-order chi connectivity index (χ1) is 13.8. The summed E-state index contributed by atoms with van der Waals surface area (Å²) >= 11 is 3.71. The molecule has 5 rings (SSSR count). The highest BCUT2D eigenvalue weighted by Crippen LogP contribution is 2.40. The van der Waals surface area contributed by atoms with Crippen LogP contribution in [0.1, 0.15) is 0 Å². The molecule has 134 valence electrons. The van der Waals surface area contributed by atoms with Gasteiger partial charge in [0.25, 0.3) is 0 Å². The highest BCUT2D eigenvalue weighted by atomic mass is 79.9. The first-order valence-corrected chi connectivity index (χ1v) is 10.1. The van der Waals surface area contributed by atoms with E-state index >= 15 is 0 Å². The summed E-state index contributed by atoms with van der Waals surface area (Å²) in [7, 11) is 0. The van der Waals surface area contributed by atoms with Gasteiger partial charge in [0.15, 0.2) is 0 Å². The highest BCUT2D eigenvalue weighted by molar-refractivity contribution is 9.10. The predicted molar refractivity (Wildman–Crippen MR) is 124 cm³/mol. The number of fused-ring (bicyclic) bond motifs is 2. The maximum atomic E-state index is 3.71. The number of rotatable bonds is 3. The number of hydrogen-bond donors (Lipinski definition) is 0. The average Bonchev–Trinajstić information content (AvgIpc) is 2.75. The second kappa shape index (κ2) is 7.14. The molecule has 2 heteroatoms. The molecule has 0 spiro atoms. The maximum absolute atomic E-state index is 3.71. The van der Waals surface area contributed by atoms with Crippen LogP contribution in [0.2, 0.25) is 0 Å². The maximum Gasteiger partial charge on any atom is 0.0540 e. The Hall–Kier alpha value is -3.10. The van der Waals surface area contributed by atoms with Crippen LogP contribution in [0.4, 0.5) is 17.1 Å². The van der Waals surface area contributed by atoms with Crippen molar-refractivity contribution in [2.45, 2.75) is 0 Å². The molecular formula is C26H18BrN. The molecule has 0 N–H and O–H groups in total. The topological polar surface area (TPSA) is 3.24 Å². The van der Waals surface area contributed by atoms with Crippen molar-refractivity contribution in [2.24, 2.45) is 0 Å². The molecule has 0 aliphatic carbocycles. The quantitative estimate of drug-likeness (QED) is 0.282. The molecule has 0 bridgehead atoms. The van der Waals surface area contributed by atoms with Crippen molar-refractivity contribution >= 4 is 54.5 Å². The minimum atomic E-state index is 1.11. The molecule has 0 amide bonds. The number of anilines is 3. The van der Waals surface area contributed by atoms with Crippen molar-refractivity contribution in [2.75, 3.05) is 4.90 Å². The number of para-hydroxylation sites is 1. The fraction of sp³-hybridized carbons (Fsp3) is 0. The molecule has 0 aliphatic heterocycles. The van der Waals surface area contributed by atoms with E-state index in [1.807, 2.05) is 0 Å². The van der Waals surface area contributed by atoms with Crippen LogP contribution < -0.4 is 4.90 Å². The normalized spacial score (nSPS) is 11.0. The molecule has 28 heavy (non-hydrogen) atoms. The Morgan fingerprint density at radius 1 is 0.500 bits per heavy atom. The minimum Gasteiger partial charge on any atom is -0.310 e. The summed E-state index contributed by atoms with van der Waals surface area (Å²) in [5.74, 6) is 0. The molecule has 5 aromatic carbocycles. The second-order valence-corrected chi connectivity index (χ2v) is 7.67. The zero-order valence-corrected chi connectivity index (χ0v) is 16.8. The number of halogens is 1. The number of benzene rings is 5. The molecule has 0 fully saturated rings. The fourth-order valence-corrected chi connectivity index (χ4v) is 4.27. The van der Waals surface area contributed by atoms with E-state index in [1.54, 1.807) is 0 Å². The van der Waals surface area contributed by atoms with Crippen LogP contribution in [0.3, 0.4) is 0 Å². The van der Waals surface area contributed by atoms with E-state index < -0.39 is 0 Å². The molecular weight excluding hydrogens is 406 g/mol. The van der Waals surface area contributed by atoms with Crippen LogP contribution in [0.15, 0.2) is 114 Å². The Balaban J connectivity index is 1.80.